The van der Waals surface area contributed by atoms with Crippen molar-refractivity contribution in [1.82, 2.24) is 5.32 Å². The van der Waals surface area contributed by atoms with E-state index in [1.807, 2.05) is 24.3 Å². The molecule has 0 aromatic heterocycles. The van der Waals surface area contributed by atoms with Crippen LogP contribution in [0, 0.1) is 5.92 Å². The Balaban J connectivity index is 2.24. The van der Waals surface area contributed by atoms with Crippen LogP contribution in [-0.2, 0) is 4.79 Å². The van der Waals surface area contributed by atoms with Gasteiger partial charge in [-0.2, -0.15) is 0 Å². The molecule has 0 bridgehead atoms. The smallest absolute Gasteiger partial charge is 0.221 e. The number of hydrogen-bond acceptors (Lipinski definition) is 2. The molecule has 17 heavy (non-hydrogen) atoms. The van der Waals surface area contributed by atoms with Crippen LogP contribution in [0.2, 0.25) is 0 Å². The van der Waals surface area contributed by atoms with E-state index in [2.05, 4.69) is 40.4 Å². The van der Waals surface area contributed by atoms with Crippen molar-refractivity contribution in [3.8, 4) is 0 Å². The van der Waals surface area contributed by atoms with Crippen LogP contribution in [0.4, 0.5) is 5.69 Å². The number of hydrogen-bond donors (Lipinski definition) is 2. The van der Waals surface area contributed by atoms with E-state index in [-0.39, 0.29) is 5.91 Å². The number of para-hydroxylation sites is 1. The summed E-state index contributed by atoms with van der Waals surface area (Å²) in [6.45, 7) is 5.56. The van der Waals surface area contributed by atoms with E-state index in [4.69, 9.17) is 0 Å². The van der Waals surface area contributed by atoms with Gasteiger partial charge in [0.15, 0.2) is 0 Å². The maximum atomic E-state index is 11.5. The molecule has 3 nitrogen and oxygen atoms in total. The van der Waals surface area contributed by atoms with Gasteiger partial charge in [-0.3, -0.25) is 4.79 Å². The molecule has 0 heterocycles. The topological polar surface area (TPSA) is 41.1 Å². The number of carbonyl (C=O) groups is 1. The summed E-state index contributed by atoms with van der Waals surface area (Å²) in [7, 11) is 0. The summed E-state index contributed by atoms with van der Waals surface area (Å²) >= 11 is 3.45. The largest absolute Gasteiger partial charge is 0.384 e. The van der Waals surface area contributed by atoms with E-state index < -0.39 is 0 Å². The summed E-state index contributed by atoms with van der Waals surface area (Å²) in [6.07, 6.45) is 0.494. The van der Waals surface area contributed by atoms with Gasteiger partial charge in [-0.25, -0.2) is 0 Å². The number of nitrogens with one attached hydrogen (secondary N) is 2. The first-order valence-corrected chi connectivity index (χ1v) is 6.64. The number of carbonyl (C=O) groups excluding carboxylic acids is 1. The molecule has 0 fully saturated rings. The molecule has 1 rings (SSSR count). The molecule has 0 saturated heterocycles. The maximum absolute atomic E-state index is 11.5. The van der Waals surface area contributed by atoms with Crippen LogP contribution in [0.1, 0.15) is 20.3 Å². The monoisotopic (exact) mass is 298 g/mol. The number of halogens is 1. The second kappa shape index (κ2) is 7.33. The molecule has 2 N–H and O–H groups in total. The molecule has 94 valence electrons. The average molecular weight is 299 g/mol. The van der Waals surface area contributed by atoms with Crippen LogP contribution in [0.15, 0.2) is 28.7 Å². The Kier molecular flexibility index (Phi) is 6.05. The summed E-state index contributed by atoms with van der Waals surface area (Å²) in [5.41, 5.74) is 1.02. The molecule has 0 unspecified atom stereocenters. The standard InChI is InChI=1S/C13H19BrN2O/c1-10(2)9-16-13(17)7-8-15-12-6-4-3-5-11(12)14/h3-6,10,15H,7-9H2,1-2H3,(H,16,17). The van der Waals surface area contributed by atoms with Gasteiger partial charge in [0.1, 0.15) is 0 Å². The van der Waals surface area contributed by atoms with Crippen LogP contribution < -0.4 is 10.6 Å². The molecular weight excluding hydrogens is 280 g/mol. The van der Waals surface area contributed by atoms with Crippen molar-refractivity contribution >= 4 is 27.5 Å². The van der Waals surface area contributed by atoms with Crippen LogP contribution in [0.5, 0.6) is 0 Å². The third-order valence-corrected chi connectivity index (χ3v) is 2.94. The first kappa shape index (κ1) is 14.0. The Morgan fingerprint density at radius 1 is 1.35 bits per heavy atom. The molecule has 0 saturated carbocycles. The molecule has 0 aliphatic rings. The zero-order chi connectivity index (χ0) is 12.7. The van der Waals surface area contributed by atoms with Gasteiger partial charge >= 0.3 is 0 Å². The van der Waals surface area contributed by atoms with Crippen molar-refractivity contribution in [2.45, 2.75) is 20.3 Å². The number of anilines is 1. The van der Waals surface area contributed by atoms with E-state index in [1.165, 1.54) is 0 Å². The van der Waals surface area contributed by atoms with Gasteiger partial charge in [-0.15, -0.1) is 0 Å². The van der Waals surface area contributed by atoms with E-state index in [1.54, 1.807) is 0 Å². The van der Waals surface area contributed by atoms with Crippen molar-refractivity contribution in [1.29, 1.82) is 0 Å². The second-order valence-corrected chi connectivity index (χ2v) is 5.21. The fraction of sp³-hybridized carbons (Fsp3) is 0.462. The average Bonchev–Trinajstić information content (AvgIpc) is 2.29. The molecule has 0 aliphatic heterocycles. The lowest BCUT2D eigenvalue weighted by Crippen LogP contribution is -2.28. The molecule has 1 amide bonds. The SMILES string of the molecule is CC(C)CNC(=O)CCNc1ccccc1Br. The first-order chi connectivity index (χ1) is 8.09. The Morgan fingerprint density at radius 2 is 2.06 bits per heavy atom. The van der Waals surface area contributed by atoms with Gasteiger partial charge in [0.25, 0.3) is 0 Å². The highest BCUT2D eigenvalue weighted by atomic mass is 79.9. The highest BCUT2D eigenvalue weighted by Gasteiger charge is 2.02. The van der Waals surface area contributed by atoms with Crippen LogP contribution >= 0.6 is 15.9 Å². The molecule has 1 aromatic carbocycles. The van der Waals surface area contributed by atoms with Crippen molar-refractivity contribution in [3.63, 3.8) is 0 Å². The molecule has 4 heteroatoms. The fourth-order valence-electron chi connectivity index (χ4n) is 1.32. The second-order valence-electron chi connectivity index (χ2n) is 4.35. The zero-order valence-electron chi connectivity index (χ0n) is 10.3. The minimum atomic E-state index is 0.0956. The van der Waals surface area contributed by atoms with E-state index in [0.29, 0.717) is 18.9 Å². The van der Waals surface area contributed by atoms with Crippen LogP contribution in [0.3, 0.4) is 0 Å². The summed E-state index contributed by atoms with van der Waals surface area (Å²) in [6, 6.07) is 7.88. The minimum absolute atomic E-state index is 0.0956. The van der Waals surface area contributed by atoms with Gasteiger partial charge in [0.2, 0.25) is 5.91 Å². The van der Waals surface area contributed by atoms with E-state index in [9.17, 15) is 4.79 Å². The van der Waals surface area contributed by atoms with Crippen molar-refractivity contribution < 1.29 is 4.79 Å². The van der Waals surface area contributed by atoms with E-state index >= 15 is 0 Å². The summed E-state index contributed by atoms with van der Waals surface area (Å²) in [5, 5.41) is 6.12. The number of rotatable bonds is 6. The normalized spacial score (nSPS) is 10.4. The summed E-state index contributed by atoms with van der Waals surface area (Å²) in [4.78, 5) is 11.5. The molecule has 0 atom stereocenters. The molecule has 0 spiro atoms. The van der Waals surface area contributed by atoms with Gasteiger partial charge in [0.05, 0.1) is 0 Å². The molecule has 0 radical (unpaired) electrons. The van der Waals surface area contributed by atoms with Gasteiger partial charge in [0, 0.05) is 29.7 Å². The van der Waals surface area contributed by atoms with Crippen molar-refractivity contribution in [3.05, 3.63) is 28.7 Å². The summed E-state index contributed by atoms with van der Waals surface area (Å²) in [5.74, 6) is 0.591. The predicted molar refractivity (Wildman–Crippen MR) is 75.1 cm³/mol. The lowest BCUT2D eigenvalue weighted by Gasteiger charge is -2.09. The Bertz CT molecular complexity index is 366. The molecular formula is C13H19BrN2O. The van der Waals surface area contributed by atoms with Gasteiger partial charge in [-0.05, 0) is 34.0 Å². The summed E-state index contributed by atoms with van der Waals surface area (Å²) < 4.78 is 1.02. The molecule has 0 aliphatic carbocycles. The Hall–Kier alpha value is -1.03. The highest BCUT2D eigenvalue weighted by molar-refractivity contribution is 9.10. The van der Waals surface area contributed by atoms with E-state index in [0.717, 1.165) is 16.7 Å². The number of amides is 1. The third-order valence-electron chi connectivity index (χ3n) is 2.25. The van der Waals surface area contributed by atoms with Gasteiger partial charge < -0.3 is 10.6 Å². The lowest BCUT2D eigenvalue weighted by molar-refractivity contribution is -0.120. The highest BCUT2D eigenvalue weighted by Crippen LogP contribution is 2.20. The molecule has 1 aromatic rings. The first-order valence-electron chi connectivity index (χ1n) is 5.84. The van der Waals surface area contributed by atoms with Crippen LogP contribution in [-0.4, -0.2) is 19.0 Å². The Morgan fingerprint density at radius 3 is 2.71 bits per heavy atom. The lowest BCUT2D eigenvalue weighted by atomic mass is 10.2. The van der Waals surface area contributed by atoms with Crippen molar-refractivity contribution in [2.75, 3.05) is 18.4 Å². The van der Waals surface area contributed by atoms with Crippen LogP contribution in [0.25, 0.3) is 0 Å². The zero-order valence-corrected chi connectivity index (χ0v) is 11.9. The van der Waals surface area contributed by atoms with Gasteiger partial charge in [-0.1, -0.05) is 26.0 Å². The quantitative estimate of drug-likeness (QED) is 0.848. The fourth-order valence-corrected chi connectivity index (χ4v) is 1.75. The third kappa shape index (κ3) is 5.73. The minimum Gasteiger partial charge on any atom is -0.384 e. The number of benzene rings is 1. The predicted octanol–water partition coefficient (Wildman–Crippen LogP) is 3.02. The maximum Gasteiger partial charge on any atom is 0.221 e. The Labute approximate surface area is 111 Å². The van der Waals surface area contributed by atoms with Crippen molar-refractivity contribution in [2.24, 2.45) is 5.92 Å².